The summed E-state index contributed by atoms with van der Waals surface area (Å²) in [7, 11) is 1.26. The molecule has 3 nitrogen and oxygen atoms in total. The van der Waals surface area contributed by atoms with Crippen molar-refractivity contribution in [3.05, 3.63) is 26.4 Å². The minimum Gasteiger partial charge on any atom is -0.464 e. The number of pyridine rings is 1. The highest BCUT2D eigenvalue weighted by Gasteiger charge is 2.15. The molecule has 0 unspecified atom stereocenters. The summed E-state index contributed by atoms with van der Waals surface area (Å²) in [5, 5.41) is 0.467. The minimum atomic E-state index is -0.587. The van der Waals surface area contributed by atoms with Gasteiger partial charge in [-0.25, -0.2) is 9.78 Å². The van der Waals surface area contributed by atoms with Gasteiger partial charge < -0.3 is 4.74 Å². The summed E-state index contributed by atoms with van der Waals surface area (Å²) in [5.74, 6) is -0.587. The molecule has 0 radical (unpaired) electrons. The first kappa shape index (κ1) is 10.8. The Balaban J connectivity index is 3.28. The van der Waals surface area contributed by atoms with Crippen molar-refractivity contribution in [2.75, 3.05) is 7.11 Å². The summed E-state index contributed by atoms with van der Waals surface area (Å²) in [4.78, 5) is 14.9. The van der Waals surface area contributed by atoms with E-state index in [1.807, 2.05) is 0 Å². The van der Waals surface area contributed by atoms with E-state index >= 15 is 0 Å². The minimum absolute atomic E-state index is 0.0694. The third kappa shape index (κ3) is 2.33. The molecule has 6 heteroatoms. The second-order valence-corrected chi connectivity index (χ2v) is 3.67. The summed E-state index contributed by atoms with van der Waals surface area (Å²) in [6.45, 7) is 0. The van der Waals surface area contributed by atoms with Crippen LogP contribution in [0.5, 0.6) is 0 Å². The number of aromatic nitrogens is 1. The van der Waals surface area contributed by atoms with Crippen molar-refractivity contribution in [3.63, 3.8) is 0 Å². The van der Waals surface area contributed by atoms with Crippen LogP contribution in [0.3, 0.4) is 0 Å². The first-order chi connectivity index (χ1) is 6.06. The van der Waals surface area contributed by atoms with Gasteiger partial charge in [0.1, 0.15) is 5.15 Å². The maximum atomic E-state index is 11.1. The summed E-state index contributed by atoms with van der Waals surface area (Å²) in [5.41, 5.74) is 0.0694. The van der Waals surface area contributed by atoms with Crippen LogP contribution in [0.25, 0.3) is 0 Å². The molecule has 0 saturated carbocycles. The lowest BCUT2D eigenvalue weighted by atomic mass is 10.3. The fourth-order valence-electron chi connectivity index (χ4n) is 0.701. The molecule has 0 aliphatic rings. The highest BCUT2D eigenvalue weighted by Crippen LogP contribution is 2.27. The van der Waals surface area contributed by atoms with Gasteiger partial charge in [-0.05, 0) is 22.0 Å². The van der Waals surface area contributed by atoms with E-state index in [0.29, 0.717) is 9.50 Å². The monoisotopic (exact) mass is 283 g/mol. The van der Waals surface area contributed by atoms with Gasteiger partial charge in [0.2, 0.25) is 0 Å². The molecule has 0 aliphatic carbocycles. The fourth-order valence-corrected chi connectivity index (χ4v) is 1.51. The summed E-state index contributed by atoms with van der Waals surface area (Å²) in [6.07, 6.45) is 0. The van der Waals surface area contributed by atoms with E-state index in [9.17, 15) is 4.79 Å². The number of halogens is 3. The lowest BCUT2D eigenvalue weighted by Gasteiger charge is -2.03. The summed E-state index contributed by atoms with van der Waals surface area (Å²) < 4.78 is 4.86. The molecule has 0 amide bonds. The Kier molecular flexibility index (Phi) is 3.53. The van der Waals surface area contributed by atoms with Gasteiger partial charge in [0.15, 0.2) is 5.69 Å². The van der Waals surface area contributed by atoms with Crippen molar-refractivity contribution in [2.24, 2.45) is 0 Å². The Labute approximate surface area is 93.1 Å². The third-order valence-corrected chi connectivity index (χ3v) is 2.78. The van der Waals surface area contributed by atoms with Gasteiger partial charge in [0, 0.05) is 0 Å². The SMILES string of the molecule is COC(=O)c1nc(Cl)cc(Cl)c1Br. The molecule has 0 bridgehead atoms. The van der Waals surface area contributed by atoms with E-state index in [1.54, 1.807) is 0 Å². The molecular weight excluding hydrogens is 281 g/mol. The van der Waals surface area contributed by atoms with Gasteiger partial charge in [-0.2, -0.15) is 0 Å². The molecule has 0 spiro atoms. The first-order valence-corrected chi connectivity index (χ1v) is 4.71. The highest BCUT2D eigenvalue weighted by atomic mass is 79.9. The number of ether oxygens (including phenoxy) is 1. The van der Waals surface area contributed by atoms with Crippen LogP contribution < -0.4 is 0 Å². The lowest BCUT2D eigenvalue weighted by molar-refractivity contribution is 0.0593. The largest absolute Gasteiger partial charge is 0.464 e. The first-order valence-electron chi connectivity index (χ1n) is 3.16. The highest BCUT2D eigenvalue weighted by molar-refractivity contribution is 9.10. The quantitative estimate of drug-likeness (QED) is 0.588. The van der Waals surface area contributed by atoms with Crippen LogP contribution in [0, 0.1) is 0 Å². The van der Waals surface area contributed by atoms with Gasteiger partial charge in [-0.15, -0.1) is 0 Å². The van der Waals surface area contributed by atoms with Gasteiger partial charge in [0.25, 0.3) is 0 Å². The van der Waals surface area contributed by atoms with Crippen molar-refractivity contribution in [1.82, 2.24) is 4.98 Å². The second-order valence-electron chi connectivity index (χ2n) is 2.08. The van der Waals surface area contributed by atoms with Crippen molar-refractivity contribution in [1.29, 1.82) is 0 Å². The van der Waals surface area contributed by atoms with E-state index in [0.717, 1.165) is 0 Å². The maximum absolute atomic E-state index is 11.1. The van der Waals surface area contributed by atoms with E-state index < -0.39 is 5.97 Å². The van der Waals surface area contributed by atoms with Crippen LogP contribution in [0.4, 0.5) is 0 Å². The molecule has 0 N–H and O–H groups in total. The molecule has 0 fully saturated rings. The number of nitrogens with zero attached hydrogens (tertiary/aromatic N) is 1. The number of hydrogen-bond acceptors (Lipinski definition) is 3. The summed E-state index contributed by atoms with van der Waals surface area (Å²) in [6, 6.07) is 1.43. The molecule has 1 aromatic rings. The molecular formula is C7H4BrCl2NO2. The van der Waals surface area contributed by atoms with Gasteiger partial charge in [-0.3, -0.25) is 0 Å². The number of esters is 1. The fraction of sp³-hybridized carbons (Fsp3) is 0.143. The predicted octanol–water partition coefficient (Wildman–Crippen LogP) is 2.94. The number of carbonyl (C=O) groups is 1. The maximum Gasteiger partial charge on any atom is 0.357 e. The third-order valence-electron chi connectivity index (χ3n) is 1.26. The van der Waals surface area contributed by atoms with Crippen LogP contribution in [0.2, 0.25) is 10.2 Å². The molecule has 1 rings (SSSR count). The van der Waals surface area contributed by atoms with Crippen molar-refractivity contribution < 1.29 is 9.53 Å². The smallest absolute Gasteiger partial charge is 0.357 e. The topological polar surface area (TPSA) is 39.2 Å². The standard InChI is InChI=1S/C7H4BrCl2NO2/c1-13-7(12)6-5(8)3(9)2-4(10)11-6/h2H,1H3. The Morgan fingerprint density at radius 1 is 1.62 bits per heavy atom. The average molecular weight is 285 g/mol. The molecule has 70 valence electrons. The van der Waals surface area contributed by atoms with Crippen LogP contribution in [-0.2, 0) is 4.74 Å². The Bertz CT molecular complexity index is 357. The van der Waals surface area contributed by atoms with Crippen LogP contribution in [0.15, 0.2) is 10.5 Å². The number of hydrogen-bond donors (Lipinski definition) is 0. The average Bonchev–Trinajstić information content (AvgIpc) is 2.10. The number of carbonyl (C=O) groups excluding carboxylic acids is 1. The van der Waals surface area contributed by atoms with E-state index in [4.69, 9.17) is 23.2 Å². The van der Waals surface area contributed by atoms with Crippen molar-refractivity contribution in [2.45, 2.75) is 0 Å². The number of rotatable bonds is 1. The Morgan fingerprint density at radius 3 is 2.77 bits per heavy atom. The van der Waals surface area contributed by atoms with Crippen molar-refractivity contribution >= 4 is 45.1 Å². The number of methoxy groups -OCH3 is 1. The van der Waals surface area contributed by atoms with E-state index in [1.165, 1.54) is 13.2 Å². The molecule has 0 aliphatic heterocycles. The molecule has 1 heterocycles. The zero-order valence-electron chi connectivity index (χ0n) is 6.47. The molecule has 0 atom stereocenters. The van der Waals surface area contributed by atoms with E-state index in [2.05, 4.69) is 25.7 Å². The van der Waals surface area contributed by atoms with Gasteiger partial charge in [0.05, 0.1) is 16.6 Å². The van der Waals surface area contributed by atoms with Gasteiger partial charge >= 0.3 is 5.97 Å². The Morgan fingerprint density at radius 2 is 2.23 bits per heavy atom. The normalized spacial score (nSPS) is 9.85. The molecule has 0 aromatic carbocycles. The molecule has 13 heavy (non-hydrogen) atoms. The summed E-state index contributed by atoms with van der Waals surface area (Å²) >= 11 is 14.4. The van der Waals surface area contributed by atoms with Gasteiger partial charge in [-0.1, -0.05) is 23.2 Å². The van der Waals surface area contributed by atoms with E-state index in [-0.39, 0.29) is 10.8 Å². The second kappa shape index (κ2) is 4.26. The predicted molar refractivity (Wildman–Crippen MR) is 53.3 cm³/mol. The zero-order chi connectivity index (χ0) is 10.0. The zero-order valence-corrected chi connectivity index (χ0v) is 9.57. The van der Waals surface area contributed by atoms with Crippen molar-refractivity contribution in [3.8, 4) is 0 Å². The van der Waals surface area contributed by atoms with Crippen LogP contribution in [0.1, 0.15) is 10.5 Å². The molecule has 1 aromatic heterocycles. The lowest BCUT2D eigenvalue weighted by Crippen LogP contribution is -2.05. The van der Waals surface area contributed by atoms with Crippen LogP contribution >= 0.6 is 39.1 Å². The van der Waals surface area contributed by atoms with Crippen LogP contribution in [-0.4, -0.2) is 18.1 Å². The Hall–Kier alpha value is -0.320. The molecule has 0 saturated heterocycles.